The van der Waals surface area contributed by atoms with Gasteiger partial charge in [-0.05, 0) is 30.7 Å². The summed E-state index contributed by atoms with van der Waals surface area (Å²) in [5, 5.41) is 5.16. The van der Waals surface area contributed by atoms with Crippen LogP contribution in [0.25, 0.3) is 0 Å². The smallest absolute Gasteiger partial charge is 0.231 e. The fraction of sp³-hybridized carbons (Fsp3) is 0.200. The number of fused-ring (bicyclic) bond motifs is 1. The van der Waals surface area contributed by atoms with E-state index in [0.717, 1.165) is 11.3 Å². The van der Waals surface area contributed by atoms with Gasteiger partial charge in [-0.25, -0.2) is 0 Å². The molecule has 3 nitrogen and oxygen atoms in total. The molecule has 0 radical (unpaired) electrons. The maximum atomic E-state index is 6.25. The number of ether oxygens (including phenoxy) is 2. The first-order valence-electron chi connectivity index (χ1n) is 6.35. The van der Waals surface area contributed by atoms with E-state index in [9.17, 15) is 0 Å². The molecule has 1 aliphatic heterocycles. The Labute approximate surface area is 137 Å². The monoisotopic (exact) mass is 343 g/mol. The van der Waals surface area contributed by atoms with Gasteiger partial charge in [-0.1, -0.05) is 34.8 Å². The minimum atomic E-state index is -0.0610. The van der Waals surface area contributed by atoms with Crippen molar-refractivity contribution in [2.45, 2.75) is 13.0 Å². The van der Waals surface area contributed by atoms with Crippen LogP contribution < -0.4 is 14.8 Å². The summed E-state index contributed by atoms with van der Waals surface area (Å²) in [6.45, 7) is 2.20. The summed E-state index contributed by atoms with van der Waals surface area (Å²) in [4.78, 5) is 0. The quantitative estimate of drug-likeness (QED) is 0.792. The zero-order chi connectivity index (χ0) is 15.0. The van der Waals surface area contributed by atoms with Crippen LogP contribution in [-0.2, 0) is 0 Å². The van der Waals surface area contributed by atoms with Crippen molar-refractivity contribution in [1.29, 1.82) is 0 Å². The van der Waals surface area contributed by atoms with Gasteiger partial charge in [-0.3, -0.25) is 0 Å². The Morgan fingerprint density at radius 1 is 1.00 bits per heavy atom. The van der Waals surface area contributed by atoms with E-state index in [2.05, 4.69) is 5.32 Å². The highest BCUT2D eigenvalue weighted by Gasteiger charge is 2.18. The molecule has 0 bridgehead atoms. The normalized spacial score (nSPS) is 14.1. The van der Waals surface area contributed by atoms with E-state index in [1.165, 1.54) is 0 Å². The van der Waals surface area contributed by atoms with Crippen LogP contribution in [0.15, 0.2) is 30.3 Å². The van der Waals surface area contributed by atoms with Gasteiger partial charge in [0.1, 0.15) is 0 Å². The van der Waals surface area contributed by atoms with Crippen molar-refractivity contribution in [3.05, 3.63) is 51.0 Å². The number of anilines is 1. The first-order valence-corrected chi connectivity index (χ1v) is 7.48. The fourth-order valence-electron chi connectivity index (χ4n) is 2.19. The molecule has 0 aromatic heterocycles. The fourth-order valence-corrected chi connectivity index (χ4v) is 2.86. The van der Waals surface area contributed by atoms with Gasteiger partial charge in [0.25, 0.3) is 0 Å². The molecule has 0 spiro atoms. The topological polar surface area (TPSA) is 30.5 Å². The molecule has 2 aromatic carbocycles. The van der Waals surface area contributed by atoms with Crippen molar-refractivity contribution in [2.24, 2.45) is 0 Å². The van der Waals surface area contributed by atoms with Crippen LogP contribution in [-0.4, -0.2) is 6.79 Å². The first kappa shape index (κ1) is 14.6. The Bertz CT molecular complexity index is 691. The largest absolute Gasteiger partial charge is 0.454 e. The summed E-state index contributed by atoms with van der Waals surface area (Å²) in [7, 11) is 0. The highest BCUT2D eigenvalue weighted by Crippen LogP contribution is 2.40. The molecule has 0 amide bonds. The molecule has 1 heterocycles. The second-order valence-electron chi connectivity index (χ2n) is 4.72. The molecule has 1 atom stereocenters. The second-order valence-corrected chi connectivity index (χ2v) is 5.97. The Morgan fingerprint density at radius 2 is 1.71 bits per heavy atom. The SMILES string of the molecule is CC(Nc1cc2c(cc1Cl)OCO2)c1cc(Cl)ccc1Cl. The van der Waals surface area contributed by atoms with Crippen molar-refractivity contribution < 1.29 is 9.47 Å². The maximum Gasteiger partial charge on any atom is 0.231 e. The number of hydrogen-bond acceptors (Lipinski definition) is 3. The van der Waals surface area contributed by atoms with E-state index in [0.29, 0.717) is 26.6 Å². The standard InChI is InChI=1S/C15H12Cl3NO2/c1-8(10-4-9(16)2-3-11(10)17)19-13-6-15-14(5-12(13)18)20-7-21-15/h2-6,8,19H,7H2,1H3. The highest BCUT2D eigenvalue weighted by molar-refractivity contribution is 6.34. The van der Waals surface area contributed by atoms with Gasteiger partial charge in [0.15, 0.2) is 11.5 Å². The Morgan fingerprint density at radius 3 is 2.48 bits per heavy atom. The van der Waals surface area contributed by atoms with Crippen LogP contribution in [0.3, 0.4) is 0 Å². The van der Waals surface area contributed by atoms with Gasteiger partial charge in [-0.2, -0.15) is 0 Å². The number of rotatable bonds is 3. The summed E-state index contributed by atoms with van der Waals surface area (Å²) in [5.41, 5.74) is 1.65. The lowest BCUT2D eigenvalue weighted by Crippen LogP contribution is -2.07. The summed E-state index contributed by atoms with van der Waals surface area (Å²) in [6.07, 6.45) is 0. The zero-order valence-corrected chi connectivity index (χ0v) is 13.4. The lowest BCUT2D eigenvalue weighted by molar-refractivity contribution is 0.174. The average Bonchev–Trinajstić information content (AvgIpc) is 2.88. The van der Waals surface area contributed by atoms with Gasteiger partial charge in [-0.15, -0.1) is 0 Å². The molecule has 6 heteroatoms. The van der Waals surface area contributed by atoms with Crippen LogP contribution in [0.1, 0.15) is 18.5 Å². The van der Waals surface area contributed by atoms with E-state index in [4.69, 9.17) is 44.3 Å². The molecule has 2 aromatic rings. The van der Waals surface area contributed by atoms with Gasteiger partial charge < -0.3 is 14.8 Å². The van der Waals surface area contributed by atoms with E-state index >= 15 is 0 Å². The molecular formula is C15H12Cl3NO2. The van der Waals surface area contributed by atoms with Gasteiger partial charge in [0.2, 0.25) is 6.79 Å². The Kier molecular flexibility index (Phi) is 4.07. The number of benzene rings is 2. The average molecular weight is 345 g/mol. The second kappa shape index (κ2) is 5.84. The van der Waals surface area contributed by atoms with Crippen molar-refractivity contribution in [1.82, 2.24) is 0 Å². The lowest BCUT2D eigenvalue weighted by Gasteiger charge is -2.18. The summed E-state index contributed by atoms with van der Waals surface area (Å²) in [5.74, 6) is 1.32. The summed E-state index contributed by atoms with van der Waals surface area (Å²) in [6, 6.07) is 8.86. The molecule has 0 fully saturated rings. The maximum absolute atomic E-state index is 6.25. The van der Waals surface area contributed by atoms with Crippen LogP contribution in [0, 0.1) is 0 Å². The minimum absolute atomic E-state index is 0.0610. The van der Waals surface area contributed by atoms with Crippen molar-refractivity contribution in [3.8, 4) is 11.5 Å². The van der Waals surface area contributed by atoms with Crippen molar-refractivity contribution in [3.63, 3.8) is 0 Å². The van der Waals surface area contributed by atoms with Gasteiger partial charge in [0, 0.05) is 22.2 Å². The molecule has 110 valence electrons. The molecule has 3 rings (SSSR count). The molecule has 1 unspecified atom stereocenters. The predicted molar refractivity (Wildman–Crippen MR) is 86.1 cm³/mol. The number of halogens is 3. The molecule has 1 N–H and O–H groups in total. The molecular weight excluding hydrogens is 333 g/mol. The van der Waals surface area contributed by atoms with Gasteiger partial charge in [0.05, 0.1) is 16.8 Å². The van der Waals surface area contributed by atoms with Gasteiger partial charge >= 0.3 is 0 Å². The van der Waals surface area contributed by atoms with Crippen molar-refractivity contribution in [2.75, 3.05) is 12.1 Å². The third-order valence-electron chi connectivity index (χ3n) is 3.26. The predicted octanol–water partition coefficient (Wildman–Crippen LogP) is 5.55. The zero-order valence-electron chi connectivity index (χ0n) is 11.1. The molecule has 0 aliphatic carbocycles. The molecule has 0 saturated carbocycles. The third kappa shape index (κ3) is 3.00. The molecule has 21 heavy (non-hydrogen) atoms. The molecule has 1 aliphatic rings. The summed E-state index contributed by atoms with van der Waals surface area (Å²) >= 11 is 18.5. The number of nitrogens with one attached hydrogen (secondary N) is 1. The summed E-state index contributed by atoms with van der Waals surface area (Å²) < 4.78 is 10.6. The van der Waals surface area contributed by atoms with Crippen LogP contribution >= 0.6 is 34.8 Å². The van der Waals surface area contributed by atoms with Crippen LogP contribution in [0.2, 0.25) is 15.1 Å². The highest BCUT2D eigenvalue weighted by atomic mass is 35.5. The van der Waals surface area contributed by atoms with Crippen LogP contribution in [0.4, 0.5) is 5.69 Å². The van der Waals surface area contributed by atoms with E-state index < -0.39 is 0 Å². The van der Waals surface area contributed by atoms with E-state index in [1.54, 1.807) is 18.2 Å². The Balaban J connectivity index is 1.88. The van der Waals surface area contributed by atoms with E-state index in [-0.39, 0.29) is 12.8 Å². The Hall–Kier alpha value is -1.29. The van der Waals surface area contributed by atoms with Crippen molar-refractivity contribution >= 4 is 40.5 Å². The minimum Gasteiger partial charge on any atom is -0.454 e. The first-order chi connectivity index (χ1) is 10.0. The van der Waals surface area contributed by atoms with E-state index in [1.807, 2.05) is 19.1 Å². The lowest BCUT2D eigenvalue weighted by atomic mass is 10.1. The number of hydrogen-bond donors (Lipinski definition) is 1. The third-order valence-corrected chi connectivity index (χ3v) is 4.15. The van der Waals surface area contributed by atoms with Crippen LogP contribution in [0.5, 0.6) is 11.5 Å². The molecule has 0 saturated heterocycles.